The number of amides is 2. The lowest BCUT2D eigenvalue weighted by molar-refractivity contribution is -0.131. The van der Waals surface area contributed by atoms with Crippen LogP contribution in [-0.4, -0.2) is 61.5 Å². The Morgan fingerprint density at radius 2 is 2.00 bits per heavy atom. The van der Waals surface area contributed by atoms with Crippen molar-refractivity contribution in [2.75, 3.05) is 30.4 Å². The highest BCUT2D eigenvalue weighted by Crippen LogP contribution is 2.36. The van der Waals surface area contributed by atoms with Gasteiger partial charge in [0.05, 0.1) is 37.6 Å². The van der Waals surface area contributed by atoms with E-state index in [1.807, 2.05) is 29.8 Å². The molecule has 1 aliphatic carbocycles. The Morgan fingerprint density at radius 3 is 2.83 bits per heavy atom. The molecule has 3 aromatic rings. The van der Waals surface area contributed by atoms with E-state index in [0.29, 0.717) is 67.0 Å². The number of pyridine rings is 1. The van der Waals surface area contributed by atoms with Crippen molar-refractivity contribution < 1.29 is 19.4 Å². The van der Waals surface area contributed by atoms with Crippen LogP contribution in [-0.2, 0) is 54.2 Å². The highest BCUT2D eigenvalue weighted by atomic mass is 16.5. The SMILES string of the molecule is CN1N[C@@](C)(c2ccnc(N3CCn4c(cc5c4CCCC5)C3=O)c2CO)C=C(Nc2cc3n(n2)CCOC3)C1=O. The highest BCUT2D eigenvalue weighted by Gasteiger charge is 2.39. The van der Waals surface area contributed by atoms with Crippen LogP contribution >= 0.6 is 0 Å². The number of fused-ring (bicyclic) bond motifs is 4. The third-order valence-electron chi connectivity index (χ3n) is 8.62. The summed E-state index contributed by atoms with van der Waals surface area (Å²) in [5.41, 5.74) is 8.15. The number of hydrogen-bond acceptors (Lipinski definition) is 8. The topological polar surface area (TPSA) is 130 Å². The van der Waals surface area contributed by atoms with Crippen LogP contribution in [0.2, 0.25) is 0 Å². The van der Waals surface area contributed by atoms with E-state index in [1.54, 1.807) is 24.2 Å². The zero-order valence-electron chi connectivity index (χ0n) is 23.3. The standard InChI is InChI=1S/C29H34N8O4/c1-29(15-22(27(39)34(2)33-29)31-25-14-19-17-41-12-11-37(19)32-25)21-7-8-30-26(20(21)16-38)36-10-9-35-23-6-4-3-5-18(23)13-24(35)28(36)40/h7-8,13-15,33,38H,3-6,9-12,16-17H2,1-2H3,(H,31,32)/t29-/m1/s1. The molecule has 0 saturated heterocycles. The molecule has 12 heteroatoms. The summed E-state index contributed by atoms with van der Waals surface area (Å²) >= 11 is 0. The molecule has 0 spiro atoms. The van der Waals surface area contributed by atoms with Gasteiger partial charge in [0.25, 0.3) is 11.8 Å². The molecule has 0 fully saturated rings. The van der Waals surface area contributed by atoms with E-state index < -0.39 is 5.54 Å². The van der Waals surface area contributed by atoms with Gasteiger partial charge in [-0.05, 0) is 61.9 Å². The minimum atomic E-state index is -0.901. The second-order valence-corrected chi connectivity index (χ2v) is 11.3. The molecule has 3 N–H and O–H groups in total. The summed E-state index contributed by atoms with van der Waals surface area (Å²) < 4.78 is 9.56. The van der Waals surface area contributed by atoms with Crippen molar-refractivity contribution in [2.24, 2.45) is 0 Å². The first kappa shape index (κ1) is 25.9. The fraction of sp³-hybridized carbons (Fsp3) is 0.448. The lowest BCUT2D eigenvalue weighted by atomic mass is 9.87. The van der Waals surface area contributed by atoms with Crippen LogP contribution in [0.25, 0.3) is 0 Å². The van der Waals surface area contributed by atoms with E-state index in [9.17, 15) is 14.7 Å². The summed E-state index contributed by atoms with van der Waals surface area (Å²) in [5.74, 6) is 0.642. The number of aromatic nitrogens is 4. The van der Waals surface area contributed by atoms with Crippen LogP contribution in [0.15, 0.2) is 36.2 Å². The van der Waals surface area contributed by atoms with Gasteiger partial charge in [-0.1, -0.05) is 0 Å². The largest absolute Gasteiger partial charge is 0.392 e. The number of anilines is 2. The van der Waals surface area contributed by atoms with E-state index in [2.05, 4.69) is 25.4 Å². The number of hydrazine groups is 1. The highest BCUT2D eigenvalue weighted by molar-refractivity contribution is 6.06. The Morgan fingerprint density at radius 1 is 1.15 bits per heavy atom. The molecule has 1 atom stereocenters. The fourth-order valence-corrected chi connectivity index (χ4v) is 6.68. The summed E-state index contributed by atoms with van der Waals surface area (Å²) in [6, 6.07) is 5.74. The first-order valence-electron chi connectivity index (χ1n) is 14.2. The minimum absolute atomic E-state index is 0.107. The maximum atomic E-state index is 13.8. The number of aliphatic hydroxyl groups is 1. The minimum Gasteiger partial charge on any atom is -0.392 e. The lowest BCUT2D eigenvalue weighted by Gasteiger charge is -2.40. The van der Waals surface area contributed by atoms with Gasteiger partial charge in [-0.2, -0.15) is 5.10 Å². The van der Waals surface area contributed by atoms with Crippen LogP contribution in [0.1, 0.15) is 58.3 Å². The number of nitrogens with one attached hydrogen (secondary N) is 2. The Hall–Kier alpha value is -4.00. The molecule has 214 valence electrons. The fourth-order valence-electron chi connectivity index (χ4n) is 6.68. The summed E-state index contributed by atoms with van der Waals surface area (Å²) in [7, 11) is 1.66. The third-order valence-corrected chi connectivity index (χ3v) is 8.62. The summed E-state index contributed by atoms with van der Waals surface area (Å²) in [4.78, 5) is 33.2. The second-order valence-electron chi connectivity index (χ2n) is 11.3. The maximum absolute atomic E-state index is 13.8. The summed E-state index contributed by atoms with van der Waals surface area (Å²) in [6.45, 7) is 4.50. The molecule has 0 bridgehead atoms. The molecule has 2 amide bonds. The molecular formula is C29H34N8O4. The van der Waals surface area contributed by atoms with Crippen molar-refractivity contribution in [2.45, 2.75) is 64.4 Å². The normalized spacial score (nSPS) is 22.3. The maximum Gasteiger partial charge on any atom is 0.283 e. The molecular weight excluding hydrogens is 524 g/mol. The van der Waals surface area contributed by atoms with Gasteiger partial charge in [0.15, 0.2) is 5.82 Å². The van der Waals surface area contributed by atoms with Gasteiger partial charge in [0.2, 0.25) is 0 Å². The number of nitrogens with zero attached hydrogens (tertiary/aromatic N) is 6. The average molecular weight is 559 g/mol. The Labute approximate surface area is 237 Å². The van der Waals surface area contributed by atoms with E-state index >= 15 is 0 Å². The van der Waals surface area contributed by atoms with Gasteiger partial charge in [-0.3, -0.25) is 24.2 Å². The van der Waals surface area contributed by atoms with Gasteiger partial charge < -0.3 is 19.7 Å². The van der Waals surface area contributed by atoms with E-state index in [1.165, 1.54) is 16.3 Å². The van der Waals surface area contributed by atoms with Crippen LogP contribution < -0.4 is 15.6 Å². The number of rotatable bonds is 5. The molecule has 0 saturated carbocycles. The van der Waals surface area contributed by atoms with E-state index in [0.717, 1.165) is 31.4 Å². The number of aryl methyl sites for hydroxylation is 1. The van der Waals surface area contributed by atoms with Crippen molar-refractivity contribution in [3.63, 3.8) is 0 Å². The molecule has 0 radical (unpaired) electrons. The van der Waals surface area contributed by atoms with Gasteiger partial charge in [-0.25, -0.2) is 10.4 Å². The summed E-state index contributed by atoms with van der Waals surface area (Å²) in [5, 5.41) is 19.9. The Balaban J connectivity index is 1.24. The predicted octanol–water partition coefficient (Wildman–Crippen LogP) is 1.83. The molecule has 12 nitrogen and oxygen atoms in total. The first-order chi connectivity index (χ1) is 19.9. The molecule has 3 aliphatic heterocycles. The zero-order valence-corrected chi connectivity index (χ0v) is 23.3. The molecule has 0 unspecified atom stereocenters. The smallest absolute Gasteiger partial charge is 0.283 e. The van der Waals surface area contributed by atoms with Gasteiger partial charge in [0.1, 0.15) is 17.2 Å². The van der Waals surface area contributed by atoms with E-state index in [-0.39, 0.29) is 18.4 Å². The average Bonchev–Trinajstić information content (AvgIpc) is 3.57. The van der Waals surface area contributed by atoms with Crippen LogP contribution in [0.3, 0.4) is 0 Å². The number of likely N-dealkylation sites (N-methyl/N-ethyl adjacent to an activating group) is 1. The van der Waals surface area contributed by atoms with Crippen LogP contribution in [0.4, 0.5) is 11.6 Å². The molecule has 41 heavy (non-hydrogen) atoms. The van der Waals surface area contributed by atoms with E-state index in [4.69, 9.17) is 4.74 Å². The van der Waals surface area contributed by atoms with Gasteiger partial charge in [-0.15, -0.1) is 0 Å². The molecule has 6 heterocycles. The van der Waals surface area contributed by atoms with Crippen LogP contribution in [0, 0.1) is 0 Å². The molecule has 4 aliphatic rings. The molecule has 0 aromatic carbocycles. The van der Waals surface area contributed by atoms with Gasteiger partial charge >= 0.3 is 0 Å². The quantitative estimate of drug-likeness (QED) is 0.433. The van der Waals surface area contributed by atoms with Crippen molar-refractivity contribution >= 4 is 23.5 Å². The monoisotopic (exact) mass is 558 g/mol. The number of aliphatic hydroxyl groups excluding tert-OH is 1. The molecule has 3 aromatic heterocycles. The number of carbonyl (C=O) groups is 2. The lowest BCUT2D eigenvalue weighted by Crippen LogP contribution is -2.55. The van der Waals surface area contributed by atoms with Crippen LogP contribution in [0.5, 0.6) is 0 Å². The zero-order chi connectivity index (χ0) is 28.3. The van der Waals surface area contributed by atoms with Crippen molar-refractivity contribution in [3.05, 3.63) is 69.9 Å². The predicted molar refractivity (Wildman–Crippen MR) is 150 cm³/mol. The second kappa shape index (κ2) is 9.82. The number of ether oxygens (including phenoxy) is 1. The Kier molecular flexibility index (Phi) is 6.21. The third kappa shape index (κ3) is 4.25. The molecule has 7 rings (SSSR count). The van der Waals surface area contributed by atoms with Crippen molar-refractivity contribution in [3.8, 4) is 0 Å². The first-order valence-corrected chi connectivity index (χ1v) is 14.2. The van der Waals surface area contributed by atoms with Crippen molar-refractivity contribution in [1.82, 2.24) is 29.8 Å². The number of carbonyl (C=O) groups excluding carboxylic acids is 2. The summed E-state index contributed by atoms with van der Waals surface area (Å²) in [6.07, 6.45) is 7.77. The van der Waals surface area contributed by atoms with Gasteiger partial charge in [0, 0.05) is 43.7 Å². The van der Waals surface area contributed by atoms with Crippen molar-refractivity contribution in [1.29, 1.82) is 0 Å². The Bertz CT molecular complexity index is 1570. The number of hydrogen-bond donors (Lipinski definition) is 3.